The largest absolute Gasteiger partial charge is 0.507 e. The summed E-state index contributed by atoms with van der Waals surface area (Å²) in [4.78, 5) is 0. The van der Waals surface area contributed by atoms with E-state index in [1.165, 1.54) is 5.56 Å². The van der Waals surface area contributed by atoms with Gasteiger partial charge in [0, 0.05) is 0 Å². The van der Waals surface area contributed by atoms with Gasteiger partial charge in [-0.2, -0.15) is 0 Å². The Kier molecular flexibility index (Phi) is 2.66. The van der Waals surface area contributed by atoms with Gasteiger partial charge in [-0.25, -0.2) is 0 Å². The van der Waals surface area contributed by atoms with Crippen LogP contribution in [0, 0.1) is 19.3 Å². The molecule has 0 aliphatic heterocycles. The minimum absolute atomic E-state index is 0.156. The summed E-state index contributed by atoms with van der Waals surface area (Å²) < 4.78 is 0. The van der Waals surface area contributed by atoms with Crippen LogP contribution in [0.25, 0.3) is 11.1 Å². The Labute approximate surface area is 95.4 Å². The molecule has 0 fully saturated rings. The molecule has 0 spiro atoms. The third kappa shape index (κ3) is 1.78. The summed E-state index contributed by atoms with van der Waals surface area (Å²) in [6.45, 7) is 2.04. The van der Waals surface area contributed by atoms with Crippen LogP contribution in [0.1, 0.15) is 11.1 Å². The van der Waals surface area contributed by atoms with Gasteiger partial charge in [-0.1, -0.05) is 36.3 Å². The SMILES string of the molecule is C#Cc1ccc(-c2ccccc2C)cc1O. The van der Waals surface area contributed by atoms with Gasteiger partial charge < -0.3 is 5.11 Å². The average molecular weight is 208 g/mol. The average Bonchev–Trinajstić information content (AvgIpc) is 2.29. The molecule has 2 aromatic rings. The molecule has 0 saturated carbocycles. The van der Waals surface area contributed by atoms with Crippen LogP contribution in [0.3, 0.4) is 0 Å². The molecule has 78 valence electrons. The zero-order valence-electron chi connectivity index (χ0n) is 9.07. The molecule has 16 heavy (non-hydrogen) atoms. The third-order valence-electron chi connectivity index (χ3n) is 2.61. The lowest BCUT2D eigenvalue weighted by Gasteiger charge is -2.06. The van der Waals surface area contributed by atoms with Crippen LogP contribution in [0.2, 0.25) is 0 Å². The molecule has 1 heteroatoms. The Balaban J connectivity index is 2.55. The molecule has 1 nitrogen and oxygen atoms in total. The van der Waals surface area contributed by atoms with Crippen LogP contribution in [0.4, 0.5) is 0 Å². The smallest absolute Gasteiger partial charge is 0.131 e. The molecule has 0 aliphatic rings. The number of rotatable bonds is 1. The topological polar surface area (TPSA) is 20.2 Å². The first kappa shape index (κ1) is 10.3. The lowest BCUT2D eigenvalue weighted by atomic mass is 9.99. The lowest BCUT2D eigenvalue weighted by Crippen LogP contribution is -1.84. The van der Waals surface area contributed by atoms with Crippen molar-refractivity contribution >= 4 is 0 Å². The summed E-state index contributed by atoms with van der Waals surface area (Å²) in [5.41, 5.74) is 3.80. The zero-order chi connectivity index (χ0) is 11.5. The molecule has 2 rings (SSSR count). The van der Waals surface area contributed by atoms with E-state index in [0.29, 0.717) is 5.56 Å². The zero-order valence-corrected chi connectivity index (χ0v) is 9.07. The van der Waals surface area contributed by atoms with Crippen LogP contribution in [0.5, 0.6) is 5.75 Å². The molecule has 2 aromatic carbocycles. The summed E-state index contributed by atoms with van der Waals surface area (Å²) >= 11 is 0. The van der Waals surface area contributed by atoms with Crippen LogP contribution >= 0.6 is 0 Å². The lowest BCUT2D eigenvalue weighted by molar-refractivity contribution is 0.474. The fourth-order valence-corrected chi connectivity index (χ4v) is 1.72. The molecular weight excluding hydrogens is 196 g/mol. The first-order valence-corrected chi connectivity index (χ1v) is 5.08. The van der Waals surface area contributed by atoms with Gasteiger partial charge in [-0.15, -0.1) is 6.42 Å². The van der Waals surface area contributed by atoms with Crippen molar-refractivity contribution in [1.29, 1.82) is 0 Å². The number of benzene rings is 2. The van der Waals surface area contributed by atoms with E-state index in [1.807, 2.05) is 37.3 Å². The minimum Gasteiger partial charge on any atom is -0.507 e. The van der Waals surface area contributed by atoms with Gasteiger partial charge in [0.15, 0.2) is 0 Å². The quantitative estimate of drug-likeness (QED) is 0.712. The summed E-state index contributed by atoms with van der Waals surface area (Å²) in [5.74, 6) is 2.59. The van der Waals surface area contributed by atoms with Gasteiger partial charge in [0.2, 0.25) is 0 Å². The van der Waals surface area contributed by atoms with Crippen molar-refractivity contribution < 1.29 is 5.11 Å². The minimum atomic E-state index is 0.156. The number of aryl methyl sites for hydroxylation is 1. The second-order valence-electron chi connectivity index (χ2n) is 3.69. The van der Waals surface area contributed by atoms with Gasteiger partial charge in [0.05, 0.1) is 5.56 Å². The second-order valence-corrected chi connectivity index (χ2v) is 3.69. The van der Waals surface area contributed by atoms with Gasteiger partial charge in [-0.05, 0) is 35.7 Å². The van der Waals surface area contributed by atoms with E-state index >= 15 is 0 Å². The number of terminal acetylenes is 1. The Hall–Kier alpha value is -2.20. The highest BCUT2D eigenvalue weighted by Crippen LogP contribution is 2.28. The van der Waals surface area contributed by atoms with E-state index in [2.05, 4.69) is 5.92 Å². The van der Waals surface area contributed by atoms with Gasteiger partial charge in [-0.3, -0.25) is 0 Å². The molecule has 0 bridgehead atoms. The number of phenols is 1. The summed E-state index contributed by atoms with van der Waals surface area (Å²) in [5, 5.41) is 9.70. The predicted molar refractivity (Wildman–Crippen MR) is 66.2 cm³/mol. The van der Waals surface area contributed by atoms with Crippen LogP contribution in [-0.2, 0) is 0 Å². The second kappa shape index (κ2) is 4.12. The molecule has 0 atom stereocenters. The van der Waals surface area contributed by atoms with E-state index in [-0.39, 0.29) is 5.75 Å². The van der Waals surface area contributed by atoms with Crippen molar-refractivity contribution in [2.24, 2.45) is 0 Å². The summed E-state index contributed by atoms with van der Waals surface area (Å²) in [7, 11) is 0. The maximum atomic E-state index is 9.70. The molecule has 0 radical (unpaired) electrons. The van der Waals surface area contributed by atoms with Crippen molar-refractivity contribution in [1.82, 2.24) is 0 Å². The molecule has 0 saturated heterocycles. The molecule has 0 aliphatic carbocycles. The Morgan fingerprint density at radius 1 is 1.12 bits per heavy atom. The van der Waals surface area contributed by atoms with Crippen molar-refractivity contribution in [3.05, 3.63) is 53.6 Å². The van der Waals surface area contributed by atoms with Crippen molar-refractivity contribution in [3.63, 3.8) is 0 Å². The fraction of sp³-hybridized carbons (Fsp3) is 0.0667. The maximum absolute atomic E-state index is 9.70. The number of hydrogen-bond donors (Lipinski definition) is 1. The molecule has 0 unspecified atom stereocenters. The highest BCUT2D eigenvalue weighted by molar-refractivity contribution is 5.70. The summed E-state index contributed by atoms with van der Waals surface area (Å²) in [6, 6.07) is 13.4. The van der Waals surface area contributed by atoms with Crippen LogP contribution in [0.15, 0.2) is 42.5 Å². The Morgan fingerprint density at radius 3 is 2.50 bits per heavy atom. The van der Waals surface area contributed by atoms with Crippen molar-refractivity contribution in [2.75, 3.05) is 0 Å². The van der Waals surface area contributed by atoms with Crippen molar-refractivity contribution in [3.8, 4) is 29.2 Å². The van der Waals surface area contributed by atoms with E-state index in [9.17, 15) is 5.11 Å². The summed E-state index contributed by atoms with van der Waals surface area (Å²) in [6.07, 6.45) is 5.26. The molecule has 0 amide bonds. The van der Waals surface area contributed by atoms with E-state index in [0.717, 1.165) is 11.1 Å². The molecular formula is C15H12O. The third-order valence-corrected chi connectivity index (χ3v) is 2.61. The van der Waals surface area contributed by atoms with Crippen LogP contribution in [-0.4, -0.2) is 5.11 Å². The van der Waals surface area contributed by atoms with E-state index in [4.69, 9.17) is 6.42 Å². The van der Waals surface area contributed by atoms with E-state index in [1.54, 1.807) is 12.1 Å². The number of phenolic OH excluding ortho intramolecular Hbond substituents is 1. The number of hydrogen-bond acceptors (Lipinski definition) is 1. The molecule has 0 heterocycles. The Bertz CT molecular complexity index is 562. The maximum Gasteiger partial charge on any atom is 0.131 e. The predicted octanol–water partition coefficient (Wildman–Crippen LogP) is 3.35. The van der Waals surface area contributed by atoms with Gasteiger partial charge in [0.25, 0.3) is 0 Å². The first-order chi connectivity index (χ1) is 7.72. The number of aromatic hydroxyl groups is 1. The van der Waals surface area contributed by atoms with Gasteiger partial charge in [0.1, 0.15) is 5.75 Å². The highest BCUT2D eigenvalue weighted by atomic mass is 16.3. The fourth-order valence-electron chi connectivity index (χ4n) is 1.72. The van der Waals surface area contributed by atoms with Crippen LogP contribution < -0.4 is 0 Å². The first-order valence-electron chi connectivity index (χ1n) is 5.08. The standard InChI is InChI=1S/C15H12O/c1-3-12-8-9-13(10-15(12)16)14-7-5-4-6-11(14)2/h1,4-10,16H,2H3. The molecule has 1 N–H and O–H groups in total. The van der Waals surface area contributed by atoms with Crippen molar-refractivity contribution in [2.45, 2.75) is 6.92 Å². The normalized spacial score (nSPS) is 9.75. The molecule has 0 aromatic heterocycles. The van der Waals surface area contributed by atoms with Gasteiger partial charge >= 0.3 is 0 Å². The Morgan fingerprint density at radius 2 is 1.88 bits per heavy atom. The van der Waals surface area contributed by atoms with E-state index < -0.39 is 0 Å². The highest BCUT2D eigenvalue weighted by Gasteiger charge is 2.04. The monoisotopic (exact) mass is 208 g/mol.